The minimum Gasteiger partial charge on any atom is -0.437 e. The van der Waals surface area contributed by atoms with Crippen molar-refractivity contribution < 1.29 is 4.74 Å². The lowest BCUT2D eigenvalue weighted by Gasteiger charge is -2.06. The van der Waals surface area contributed by atoms with Crippen LogP contribution >= 0.6 is 45.8 Å². The van der Waals surface area contributed by atoms with Gasteiger partial charge >= 0.3 is 0 Å². The summed E-state index contributed by atoms with van der Waals surface area (Å²) < 4.78 is 6.56. The van der Waals surface area contributed by atoms with Crippen molar-refractivity contribution in [1.82, 2.24) is 9.97 Å². The summed E-state index contributed by atoms with van der Waals surface area (Å²) in [4.78, 5) is 7.63. The van der Waals surface area contributed by atoms with Crippen LogP contribution in [0.15, 0.2) is 30.5 Å². The predicted octanol–water partition coefficient (Wildman–Crippen LogP) is 4.18. The van der Waals surface area contributed by atoms with E-state index in [1.54, 1.807) is 0 Å². The van der Waals surface area contributed by atoms with Gasteiger partial charge in [-0.05, 0) is 52.4 Å². The Morgan fingerprint density at radius 3 is 2.81 bits per heavy atom. The molecule has 0 saturated heterocycles. The van der Waals surface area contributed by atoms with Gasteiger partial charge in [-0.25, -0.2) is 4.98 Å². The maximum absolute atomic E-state index is 5.88. The molecule has 0 saturated carbocycles. The highest BCUT2D eigenvalue weighted by Gasteiger charge is 2.06. The standard InChI is InChI=1S/C10H5Cl2IN2O/c11-8-5-14-10(12)15-9(8)16-7-3-1-2-6(13)4-7/h1-5H. The number of benzene rings is 1. The molecule has 3 nitrogen and oxygen atoms in total. The smallest absolute Gasteiger partial charge is 0.242 e. The number of halogens is 3. The first-order valence-corrected chi connectivity index (χ1v) is 6.10. The molecule has 16 heavy (non-hydrogen) atoms. The maximum Gasteiger partial charge on any atom is 0.242 e. The Bertz CT molecular complexity index is 522. The summed E-state index contributed by atoms with van der Waals surface area (Å²) in [5, 5.41) is 0.424. The van der Waals surface area contributed by atoms with Crippen molar-refractivity contribution in [3.05, 3.63) is 44.3 Å². The van der Waals surface area contributed by atoms with Crippen LogP contribution in [0, 0.1) is 3.57 Å². The van der Waals surface area contributed by atoms with Gasteiger partial charge in [-0.1, -0.05) is 17.7 Å². The van der Waals surface area contributed by atoms with Gasteiger partial charge < -0.3 is 4.74 Å². The summed E-state index contributed by atoms with van der Waals surface area (Å²) in [5.74, 6) is 0.909. The minimum absolute atomic E-state index is 0.102. The molecule has 0 bridgehead atoms. The summed E-state index contributed by atoms with van der Waals surface area (Å²) in [6, 6.07) is 7.52. The topological polar surface area (TPSA) is 35.0 Å². The van der Waals surface area contributed by atoms with Crippen LogP contribution in [0.1, 0.15) is 0 Å². The van der Waals surface area contributed by atoms with Gasteiger partial charge in [-0.15, -0.1) is 0 Å². The van der Waals surface area contributed by atoms with Crippen LogP contribution in [0.5, 0.6) is 11.6 Å². The maximum atomic E-state index is 5.88. The second kappa shape index (κ2) is 5.16. The largest absolute Gasteiger partial charge is 0.437 e. The minimum atomic E-state index is 0.102. The van der Waals surface area contributed by atoms with Gasteiger partial charge in [0.2, 0.25) is 11.2 Å². The molecule has 1 aromatic heterocycles. The summed E-state index contributed by atoms with van der Waals surface area (Å²) in [7, 11) is 0. The Morgan fingerprint density at radius 2 is 2.06 bits per heavy atom. The van der Waals surface area contributed by atoms with Gasteiger partial charge in [0, 0.05) is 3.57 Å². The van der Waals surface area contributed by atoms with E-state index >= 15 is 0 Å². The molecule has 0 unspecified atom stereocenters. The van der Waals surface area contributed by atoms with Gasteiger partial charge in [-0.2, -0.15) is 4.98 Å². The van der Waals surface area contributed by atoms with Crippen molar-refractivity contribution in [3.8, 4) is 11.6 Å². The number of hydrogen-bond donors (Lipinski definition) is 0. The van der Waals surface area contributed by atoms with Gasteiger partial charge in [-0.3, -0.25) is 0 Å². The van der Waals surface area contributed by atoms with Gasteiger partial charge in [0.1, 0.15) is 10.8 Å². The third-order valence-corrected chi connectivity index (χ3v) is 2.81. The summed E-state index contributed by atoms with van der Waals surface area (Å²) in [6.45, 7) is 0. The van der Waals surface area contributed by atoms with E-state index in [2.05, 4.69) is 32.6 Å². The molecule has 0 aliphatic carbocycles. The van der Waals surface area contributed by atoms with Crippen molar-refractivity contribution in [1.29, 1.82) is 0 Å². The van der Waals surface area contributed by atoms with Gasteiger partial charge in [0.15, 0.2) is 0 Å². The lowest BCUT2D eigenvalue weighted by atomic mass is 10.3. The molecule has 6 heteroatoms. The van der Waals surface area contributed by atoms with Crippen molar-refractivity contribution in [2.45, 2.75) is 0 Å². The number of ether oxygens (including phenoxy) is 1. The number of rotatable bonds is 2. The van der Waals surface area contributed by atoms with E-state index in [9.17, 15) is 0 Å². The lowest BCUT2D eigenvalue weighted by Crippen LogP contribution is -1.91. The summed E-state index contributed by atoms with van der Waals surface area (Å²) in [5.41, 5.74) is 0. The molecule has 0 radical (unpaired) electrons. The zero-order valence-electron chi connectivity index (χ0n) is 7.82. The highest BCUT2D eigenvalue weighted by Crippen LogP contribution is 2.28. The molecule has 0 spiro atoms. The molecule has 0 aliphatic heterocycles. The Labute approximate surface area is 116 Å². The van der Waals surface area contributed by atoms with Crippen molar-refractivity contribution in [2.24, 2.45) is 0 Å². The highest BCUT2D eigenvalue weighted by molar-refractivity contribution is 14.1. The van der Waals surface area contributed by atoms with Crippen LogP contribution in [0.2, 0.25) is 10.3 Å². The van der Waals surface area contributed by atoms with E-state index < -0.39 is 0 Å². The van der Waals surface area contributed by atoms with Crippen LogP contribution in [0.4, 0.5) is 0 Å². The summed E-state index contributed by atoms with van der Waals surface area (Å²) >= 11 is 13.7. The van der Waals surface area contributed by atoms with E-state index in [0.29, 0.717) is 10.8 Å². The van der Waals surface area contributed by atoms with Crippen LogP contribution in [0.25, 0.3) is 0 Å². The molecule has 0 aliphatic rings. The fraction of sp³-hybridized carbons (Fsp3) is 0. The van der Waals surface area contributed by atoms with E-state index in [-0.39, 0.29) is 11.2 Å². The van der Waals surface area contributed by atoms with Crippen molar-refractivity contribution >= 4 is 45.8 Å². The average Bonchev–Trinajstić information content (AvgIpc) is 2.24. The molecule has 1 heterocycles. The second-order valence-electron chi connectivity index (χ2n) is 2.85. The van der Waals surface area contributed by atoms with E-state index in [1.165, 1.54) is 6.20 Å². The van der Waals surface area contributed by atoms with Gasteiger partial charge in [0.25, 0.3) is 0 Å². The summed E-state index contributed by atoms with van der Waals surface area (Å²) in [6.07, 6.45) is 1.40. The fourth-order valence-electron chi connectivity index (χ4n) is 1.04. The molecule has 0 atom stereocenters. The number of hydrogen-bond acceptors (Lipinski definition) is 3. The fourth-order valence-corrected chi connectivity index (χ4v) is 1.81. The van der Waals surface area contributed by atoms with Crippen LogP contribution in [0.3, 0.4) is 0 Å². The van der Waals surface area contributed by atoms with Crippen LogP contribution < -0.4 is 4.74 Å². The Hall–Kier alpha value is -0.590. The molecule has 0 fully saturated rings. The van der Waals surface area contributed by atoms with E-state index in [4.69, 9.17) is 27.9 Å². The number of aromatic nitrogens is 2. The van der Waals surface area contributed by atoms with Crippen molar-refractivity contribution in [2.75, 3.05) is 0 Å². The lowest BCUT2D eigenvalue weighted by molar-refractivity contribution is 0.461. The third-order valence-electron chi connectivity index (χ3n) is 1.69. The normalized spacial score (nSPS) is 10.2. The molecule has 82 valence electrons. The van der Waals surface area contributed by atoms with E-state index in [1.807, 2.05) is 24.3 Å². The van der Waals surface area contributed by atoms with E-state index in [0.717, 1.165) is 3.57 Å². The quantitative estimate of drug-likeness (QED) is 0.590. The van der Waals surface area contributed by atoms with Crippen LogP contribution in [-0.4, -0.2) is 9.97 Å². The molecule has 0 N–H and O–H groups in total. The average molecular weight is 367 g/mol. The first kappa shape index (κ1) is 11.9. The molecule has 2 rings (SSSR count). The number of nitrogens with zero attached hydrogens (tertiary/aromatic N) is 2. The molecular formula is C10H5Cl2IN2O. The molecular weight excluding hydrogens is 362 g/mol. The first-order chi connectivity index (χ1) is 7.65. The molecule has 0 amide bonds. The predicted molar refractivity (Wildman–Crippen MR) is 71.3 cm³/mol. The Kier molecular flexibility index (Phi) is 3.83. The zero-order valence-corrected chi connectivity index (χ0v) is 11.5. The second-order valence-corrected chi connectivity index (χ2v) is 4.84. The molecule has 1 aromatic carbocycles. The monoisotopic (exact) mass is 366 g/mol. The zero-order chi connectivity index (χ0) is 11.5. The third kappa shape index (κ3) is 2.96. The molecule has 2 aromatic rings. The first-order valence-electron chi connectivity index (χ1n) is 4.26. The van der Waals surface area contributed by atoms with Crippen molar-refractivity contribution in [3.63, 3.8) is 0 Å². The van der Waals surface area contributed by atoms with Gasteiger partial charge in [0.05, 0.1) is 6.20 Å². The highest BCUT2D eigenvalue weighted by atomic mass is 127. The SMILES string of the molecule is Clc1ncc(Cl)c(Oc2cccc(I)c2)n1. The Morgan fingerprint density at radius 1 is 1.25 bits per heavy atom. The van der Waals surface area contributed by atoms with Crippen LogP contribution in [-0.2, 0) is 0 Å². The Balaban J connectivity index is 2.30.